The molecule has 1 aromatic carbocycles. The van der Waals surface area contributed by atoms with E-state index < -0.39 is 18.1 Å². The van der Waals surface area contributed by atoms with Gasteiger partial charge >= 0.3 is 5.97 Å². The van der Waals surface area contributed by atoms with E-state index in [0.717, 1.165) is 5.69 Å². The summed E-state index contributed by atoms with van der Waals surface area (Å²) >= 11 is 5.77. The van der Waals surface area contributed by atoms with Crippen LogP contribution in [0.25, 0.3) is 0 Å². The first kappa shape index (κ1) is 13.1. The highest BCUT2D eigenvalue weighted by atomic mass is 35.5. The predicted molar refractivity (Wildman–Crippen MR) is 68.7 cm³/mol. The van der Waals surface area contributed by atoms with Crippen molar-refractivity contribution < 1.29 is 15.0 Å². The second-order valence-corrected chi connectivity index (χ2v) is 4.79. The third kappa shape index (κ3) is 3.13. The molecule has 0 saturated carbocycles. The fraction of sp³-hybridized carbons (Fsp3) is 0.417. The van der Waals surface area contributed by atoms with Gasteiger partial charge < -0.3 is 15.5 Å². The van der Waals surface area contributed by atoms with E-state index >= 15 is 0 Å². The molecular formula is C12H15ClN2O3. The summed E-state index contributed by atoms with van der Waals surface area (Å²) in [5, 5.41) is 22.3. The number of carbonyl (C=O) groups is 1. The maximum Gasteiger partial charge on any atom is 0.321 e. The molecule has 0 bridgehead atoms. The lowest BCUT2D eigenvalue weighted by Gasteiger charge is -2.21. The van der Waals surface area contributed by atoms with E-state index in [1.807, 2.05) is 12.1 Å². The molecule has 0 spiro atoms. The maximum atomic E-state index is 11.0. The molecule has 98 valence electrons. The first-order valence-electron chi connectivity index (χ1n) is 5.70. The first-order valence-corrected chi connectivity index (χ1v) is 6.08. The van der Waals surface area contributed by atoms with Gasteiger partial charge in [-0.25, -0.2) is 0 Å². The van der Waals surface area contributed by atoms with E-state index in [9.17, 15) is 9.90 Å². The van der Waals surface area contributed by atoms with Crippen LogP contribution in [0.1, 0.15) is 6.42 Å². The summed E-state index contributed by atoms with van der Waals surface area (Å²) in [6, 6.07) is 6.55. The molecule has 0 amide bonds. The van der Waals surface area contributed by atoms with Crippen LogP contribution in [0.4, 0.5) is 5.69 Å². The third-order valence-electron chi connectivity index (χ3n) is 3.00. The van der Waals surface area contributed by atoms with Gasteiger partial charge in [-0.15, -0.1) is 0 Å². The number of aliphatic hydroxyl groups excluding tert-OH is 1. The van der Waals surface area contributed by atoms with Gasteiger partial charge in [-0.05, 0) is 24.3 Å². The lowest BCUT2D eigenvalue weighted by atomic mass is 10.2. The van der Waals surface area contributed by atoms with Crippen LogP contribution < -0.4 is 5.32 Å². The van der Waals surface area contributed by atoms with Gasteiger partial charge in [0.15, 0.2) is 0 Å². The van der Waals surface area contributed by atoms with Crippen molar-refractivity contribution >= 4 is 23.3 Å². The molecule has 0 unspecified atom stereocenters. The summed E-state index contributed by atoms with van der Waals surface area (Å²) in [6.45, 7) is 0.757. The topological polar surface area (TPSA) is 72.8 Å². The maximum absolute atomic E-state index is 11.0. The minimum atomic E-state index is -0.899. The van der Waals surface area contributed by atoms with Gasteiger partial charge in [-0.3, -0.25) is 9.69 Å². The van der Waals surface area contributed by atoms with Crippen molar-refractivity contribution in [1.82, 2.24) is 4.90 Å². The number of halogens is 1. The van der Waals surface area contributed by atoms with Crippen molar-refractivity contribution in [3.8, 4) is 0 Å². The van der Waals surface area contributed by atoms with Gasteiger partial charge in [0.2, 0.25) is 0 Å². The minimum Gasteiger partial charge on any atom is -0.480 e. The number of anilines is 1. The number of aliphatic carboxylic acids is 1. The van der Waals surface area contributed by atoms with E-state index in [1.165, 1.54) is 0 Å². The lowest BCUT2D eigenvalue weighted by molar-refractivity contribution is -0.142. The Hall–Kier alpha value is -1.30. The molecule has 1 aromatic rings. The highest BCUT2D eigenvalue weighted by molar-refractivity contribution is 6.30. The molecule has 0 aliphatic carbocycles. The van der Waals surface area contributed by atoms with E-state index in [4.69, 9.17) is 16.7 Å². The molecule has 18 heavy (non-hydrogen) atoms. The van der Waals surface area contributed by atoms with Gasteiger partial charge in [-0.2, -0.15) is 0 Å². The molecular weight excluding hydrogens is 256 g/mol. The fourth-order valence-corrected chi connectivity index (χ4v) is 2.20. The van der Waals surface area contributed by atoms with E-state index in [1.54, 1.807) is 17.0 Å². The summed E-state index contributed by atoms with van der Waals surface area (Å²) in [5.74, 6) is -0.899. The van der Waals surface area contributed by atoms with Gasteiger partial charge in [0, 0.05) is 23.7 Å². The SMILES string of the molecule is O=C(O)[C@H]1C[C@H](O)CN1CNc1ccc(Cl)cc1. The zero-order valence-corrected chi connectivity index (χ0v) is 10.5. The fourth-order valence-electron chi connectivity index (χ4n) is 2.07. The number of aliphatic hydroxyl groups is 1. The summed E-state index contributed by atoms with van der Waals surface area (Å²) in [4.78, 5) is 12.7. The Balaban J connectivity index is 1.93. The molecule has 5 nitrogen and oxygen atoms in total. The number of rotatable bonds is 4. The largest absolute Gasteiger partial charge is 0.480 e. The molecule has 3 N–H and O–H groups in total. The molecule has 1 heterocycles. The zero-order chi connectivity index (χ0) is 13.1. The number of nitrogens with zero attached hydrogens (tertiary/aromatic N) is 1. The molecule has 6 heteroatoms. The van der Waals surface area contributed by atoms with E-state index in [0.29, 0.717) is 18.2 Å². The number of hydrogen-bond donors (Lipinski definition) is 3. The molecule has 1 fully saturated rings. The summed E-state index contributed by atoms with van der Waals surface area (Å²) in [5.41, 5.74) is 0.866. The number of carboxylic acid groups (broad SMARTS) is 1. The smallest absolute Gasteiger partial charge is 0.321 e. The Morgan fingerprint density at radius 2 is 2.11 bits per heavy atom. The molecule has 1 aliphatic rings. The number of benzene rings is 1. The van der Waals surface area contributed by atoms with Gasteiger partial charge in [0.1, 0.15) is 6.04 Å². The highest BCUT2D eigenvalue weighted by Gasteiger charge is 2.35. The zero-order valence-electron chi connectivity index (χ0n) is 9.71. The Kier molecular flexibility index (Phi) is 4.06. The molecule has 1 aliphatic heterocycles. The van der Waals surface area contributed by atoms with E-state index in [2.05, 4.69) is 5.32 Å². The van der Waals surface area contributed by atoms with Gasteiger partial charge in [-0.1, -0.05) is 11.6 Å². The van der Waals surface area contributed by atoms with Gasteiger partial charge in [0.05, 0.1) is 12.8 Å². The quantitative estimate of drug-likeness (QED) is 0.767. The first-order chi connectivity index (χ1) is 8.56. The summed E-state index contributed by atoms with van der Waals surface area (Å²) < 4.78 is 0. The van der Waals surface area contributed by atoms with Crippen LogP contribution in [-0.4, -0.2) is 46.4 Å². The average Bonchev–Trinajstić information content (AvgIpc) is 2.70. The van der Waals surface area contributed by atoms with Crippen LogP contribution >= 0.6 is 11.6 Å². The molecule has 0 aromatic heterocycles. The molecule has 2 atom stereocenters. The van der Waals surface area contributed by atoms with Crippen LogP contribution in [-0.2, 0) is 4.79 Å². The van der Waals surface area contributed by atoms with Gasteiger partial charge in [0.25, 0.3) is 0 Å². The van der Waals surface area contributed by atoms with Crippen molar-refractivity contribution in [3.05, 3.63) is 29.3 Å². The Bertz CT molecular complexity index is 424. The number of carboxylic acids is 1. The van der Waals surface area contributed by atoms with Crippen molar-refractivity contribution in [2.45, 2.75) is 18.6 Å². The minimum absolute atomic E-state index is 0.275. The second kappa shape index (κ2) is 5.56. The number of nitrogens with one attached hydrogen (secondary N) is 1. The van der Waals surface area contributed by atoms with Crippen molar-refractivity contribution in [2.24, 2.45) is 0 Å². The third-order valence-corrected chi connectivity index (χ3v) is 3.25. The van der Waals surface area contributed by atoms with Crippen LogP contribution in [0, 0.1) is 0 Å². The number of β-amino-alcohol motifs (C(OH)–C–C–N with tert-alkyl or cyclic N) is 1. The Morgan fingerprint density at radius 1 is 1.44 bits per heavy atom. The van der Waals surface area contributed by atoms with Crippen molar-refractivity contribution in [1.29, 1.82) is 0 Å². The van der Waals surface area contributed by atoms with Crippen molar-refractivity contribution in [3.63, 3.8) is 0 Å². The molecule has 1 saturated heterocycles. The number of likely N-dealkylation sites (tertiary alicyclic amines) is 1. The van der Waals surface area contributed by atoms with Crippen molar-refractivity contribution in [2.75, 3.05) is 18.5 Å². The van der Waals surface area contributed by atoms with Crippen LogP contribution in [0.15, 0.2) is 24.3 Å². The average molecular weight is 271 g/mol. The number of hydrogen-bond acceptors (Lipinski definition) is 4. The molecule has 2 rings (SSSR count). The Morgan fingerprint density at radius 3 is 2.72 bits per heavy atom. The normalized spacial score (nSPS) is 24.1. The van der Waals surface area contributed by atoms with Crippen LogP contribution in [0.3, 0.4) is 0 Å². The lowest BCUT2D eigenvalue weighted by Crippen LogP contribution is -2.39. The van der Waals surface area contributed by atoms with Crippen LogP contribution in [0.5, 0.6) is 0 Å². The van der Waals surface area contributed by atoms with Crippen LogP contribution in [0.2, 0.25) is 5.02 Å². The standard InChI is InChI=1S/C12H15ClN2O3/c13-8-1-3-9(4-2-8)14-7-15-6-10(16)5-11(15)12(17)18/h1-4,10-11,14,16H,5-7H2,(H,17,18)/t10-,11+/m0/s1. The monoisotopic (exact) mass is 270 g/mol. The summed E-state index contributed by atoms with van der Waals surface area (Å²) in [7, 11) is 0. The highest BCUT2D eigenvalue weighted by Crippen LogP contribution is 2.19. The molecule has 0 radical (unpaired) electrons. The van der Waals surface area contributed by atoms with E-state index in [-0.39, 0.29) is 6.42 Å². The second-order valence-electron chi connectivity index (χ2n) is 4.36. The Labute approximate surface area is 110 Å². The predicted octanol–water partition coefficient (Wildman–Crippen LogP) is 1.23. The summed E-state index contributed by atoms with van der Waals surface area (Å²) in [6.07, 6.45) is -0.296.